The fourth-order valence-corrected chi connectivity index (χ4v) is 4.24. The average molecular weight is 530 g/mol. The number of nitrogens with zero attached hydrogens (tertiary/aromatic N) is 1. The molecule has 0 aliphatic carbocycles. The number of nitrogens with one attached hydrogen (secondary N) is 1. The Morgan fingerprint density at radius 3 is 2.70 bits per heavy atom. The molecule has 1 amide bonds. The van der Waals surface area contributed by atoms with Crippen LogP contribution in [0.4, 0.5) is 0 Å². The predicted molar refractivity (Wildman–Crippen MR) is 127 cm³/mol. The second kappa shape index (κ2) is 10.0. The van der Waals surface area contributed by atoms with Gasteiger partial charge in [-0.1, -0.05) is 36.2 Å². The fourth-order valence-electron chi connectivity index (χ4n) is 2.92. The highest BCUT2D eigenvalue weighted by Gasteiger charge is 2.29. The van der Waals surface area contributed by atoms with Crippen LogP contribution in [0.5, 0.6) is 11.5 Å². The summed E-state index contributed by atoms with van der Waals surface area (Å²) >= 11 is 20.9. The Hall–Kier alpha value is -1.80. The Morgan fingerprint density at radius 2 is 2.03 bits per heavy atom. The van der Waals surface area contributed by atoms with E-state index >= 15 is 0 Å². The summed E-state index contributed by atoms with van der Waals surface area (Å²) in [6.45, 7) is 2.82. The monoisotopic (exact) mass is 528 g/mol. The number of carbonyl (C=O) groups is 1. The van der Waals surface area contributed by atoms with Crippen LogP contribution in [0.3, 0.4) is 0 Å². The van der Waals surface area contributed by atoms with Crippen LogP contribution < -0.4 is 14.8 Å². The van der Waals surface area contributed by atoms with Crippen molar-refractivity contribution in [3.63, 3.8) is 0 Å². The summed E-state index contributed by atoms with van der Waals surface area (Å²) in [5, 5.41) is 4.48. The first-order valence-corrected chi connectivity index (χ1v) is 11.1. The second-order valence-electron chi connectivity index (χ2n) is 6.50. The molecule has 1 aliphatic rings. The molecular formula is C21H19BrCl2N2O3S. The highest BCUT2D eigenvalue weighted by Crippen LogP contribution is 2.38. The number of hydrogen-bond donors (Lipinski definition) is 1. The maximum Gasteiger partial charge on any atom is 0.276 e. The molecule has 0 aromatic heterocycles. The van der Waals surface area contributed by atoms with Crippen molar-refractivity contribution in [2.24, 2.45) is 0 Å². The van der Waals surface area contributed by atoms with Crippen LogP contribution in [0.1, 0.15) is 24.5 Å². The van der Waals surface area contributed by atoms with Crippen molar-refractivity contribution in [3.8, 4) is 11.5 Å². The summed E-state index contributed by atoms with van der Waals surface area (Å²) in [6, 6.07) is 8.87. The lowest BCUT2D eigenvalue weighted by atomic mass is 10.1. The van der Waals surface area contributed by atoms with E-state index in [0.717, 1.165) is 17.5 Å². The Kier molecular flexibility index (Phi) is 7.63. The van der Waals surface area contributed by atoms with Gasteiger partial charge in [0.25, 0.3) is 5.91 Å². The van der Waals surface area contributed by atoms with E-state index in [1.54, 1.807) is 36.3 Å². The molecule has 1 aliphatic heterocycles. The molecule has 0 spiro atoms. The molecule has 5 nitrogen and oxygen atoms in total. The first-order chi connectivity index (χ1) is 14.3. The van der Waals surface area contributed by atoms with Crippen molar-refractivity contribution in [2.45, 2.75) is 20.0 Å². The minimum atomic E-state index is -0.144. The van der Waals surface area contributed by atoms with Crippen LogP contribution in [-0.2, 0) is 11.4 Å². The zero-order valence-electron chi connectivity index (χ0n) is 16.3. The van der Waals surface area contributed by atoms with Gasteiger partial charge in [-0.05, 0) is 70.5 Å². The zero-order valence-corrected chi connectivity index (χ0v) is 20.2. The first kappa shape index (κ1) is 22.9. The van der Waals surface area contributed by atoms with E-state index in [4.69, 9.17) is 44.9 Å². The Labute approximate surface area is 199 Å². The fraction of sp³-hybridized carbons (Fsp3) is 0.238. The normalized spacial score (nSPS) is 15.0. The van der Waals surface area contributed by atoms with E-state index in [0.29, 0.717) is 43.4 Å². The molecule has 9 heteroatoms. The molecule has 3 rings (SSSR count). The van der Waals surface area contributed by atoms with Gasteiger partial charge in [0, 0.05) is 22.2 Å². The van der Waals surface area contributed by atoms with Gasteiger partial charge in [0.05, 0.1) is 11.6 Å². The number of rotatable bonds is 7. The summed E-state index contributed by atoms with van der Waals surface area (Å²) < 4.78 is 12.1. The number of ether oxygens (including phenoxy) is 2. The van der Waals surface area contributed by atoms with E-state index in [-0.39, 0.29) is 12.5 Å². The van der Waals surface area contributed by atoms with E-state index in [1.807, 2.05) is 19.1 Å². The number of amides is 1. The summed E-state index contributed by atoms with van der Waals surface area (Å²) in [5.41, 5.74) is 1.98. The van der Waals surface area contributed by atoms with Crippen molar-refractivity contribution in [3.05, 3.63) is 61.7 Å². The minimum absolute atomic E-state index is 0.144. The van der Waals surface area contributed by atoms with Crippen molar-refractivity contribution >= 4 is 68.4 Å². The molecule has 30 heavy (non-hydrogen) atoms. The summed E-state index contributed by atoms with van der Waals surface area (Å²) in [5.74, 6) is 0.897. The predicted octanol–water partition coefficient (Wildman–Crippen LogP) is 5.81. The molecule has 0 bridgehead atoms. The number of carbonyl (C=O) groups excluding carboxylic acids is 1. The molecule has 0 radical (unpaired) electrons. The summed E-state index contributed by atoms with van der Waals surface area (Å²) in [4.78, 5) is 14.1. The van der Waals surface area contributed by atoms with Crippen molar-refractivity contribution in [1.82, 2.24) is 10.2 Å². The lowest BCUT2D eigenvalue weighted by molar-refractivity contribution is -0.122. The van der Waals surface area contributed by atoms with Gasteiger partial charge in [-0.25, -0.2) is 0 Å². The van der Waals surface area contributed by atoms with Crippen LogP contribution >= 0.6 is 51.3 Å². The Balaban J connectivity index is 1.84. The van der Waals surface area contributed by atoms with Crippen LogP contribution in [0.15, 0.2) is 40.5 Å². The Morgan fingerprint density at radius 1 is 1.27 bits per heavy atom. The van der Waals surface area contributed by atoms with Gasteiger partial charge in [0.15, 0.2) is 16.6 Å². The highest BCUT2D eigenvalue weighted by atomic mass is 79.9. The molecule has 2 aromatic rings. The van der Waals surface area contributed by atoms with Crippen LogP contribution in [0.25, 0.3) is 6.08 Å². The van der Waals surface area contributed by atoms with Crippen molar-refractivity contribution < 1.29 is 14.3 Å². The van der Waals surface area contributed by atoms with Crippen molar-refractivity contribution in [1.29, 1.82) is 0 Å². The van der Waals surface area contributed by atoms with Crippen LogP contribution in [0, 0.1) is 0 Å². The van der Waals surface area contributed by atoms with Gasteiger partial charge in [-0.2, -0.15) is 0 Å². The third-order valence-electron chi connectivity index (χ3n) is 4.36. The molecule has 1 saturated heterocycles. The standard InChI is InChI=1S/C21H19BrCl2N2O3S/c1-3-6-26-20(27)17(25-21(26)30)8-12-7-15(22)19(18(9-12)28-2)29-11-13-4-5-14(23)10-16(13)24/h4-5,7-10H,3,6,11H2,1-2H3,(H,25,30)/b17-8-. The molecule has 1 N–H and O–H groups in total. The Bertz CT molecular complexity index is 1030. The lowest BCUT2D eigenvalue weighted by Crippen LogP contribution is -2.31. The van der Waals surface area contributed by atoms with E-state index in [2.05, 4.69) is 21.2 Å². The number of benzene rings is 2. The molecule has 0 unspecified atom stereocenters. The number of thiocarbonyl (C=S) groups is 1. The van der Waals surface area contributed by atoms with E-state index < -0.39 is 0 Å². The SMILES string of the molecule is CCCN1C(=O)/C(=C/c2cc(Br)c(OCc3ccc(Cl)cc3Cl)c(OC)c2)NC1=S. The van der Waals surface area contributed by atoms with Gasteiger partial charge in [-0.15, -0.1) is 0 Å². The van der Waals surface area contributed by atoms with Crippen LogP contribution in [-0.4, -0.2) is 29.6 Å². The maximum atomic E-state index is 12.5. The molecule has 1 heterocycles. The third kappa shape index (κ3) is 5.09. The van der Waals surface area contributed by atoms with Crippen LogP contribution in [0.2, 0.25) is 10.0 Å². The summed E-state index contributed by atoms with van der Waals surface area (Å²) in [6.07, 6.45) is 2.56. The first-order valence-electron chi connectivity index (χ1n) is 9.12. The number of methoxy groups -OCH3 is 1. The van der Waals surface area contributed by atoms with E-state index in [1.165, 1.54) is 0 Å². The minimum Gasteiger partial charge on any atom is -0.493 e. The second-order valence-corrected chi connectivity index (χ2v) is 8.59. The maximum absolute atomic E-state index is 12.5. The van der Waals surface area contributed by atoms with Crippen molar-refractivity contribution in [2.75, 3.05) is 13.7 Å². The average Bonchev–Trinajstić information content (AvgIpc) is 2.95. The topological polar surface area (TPSA) is 50.8 Å². The quantitative estimate of drug-likeness (QED) is 0.362. The third-order valence-corrected chi connectivity index (χ3v) is 5.86. The molecule has 0 atom stereocenters. The zero-order chi connectivity index (χ0) is 21.8. The van der Waals surface area contributed by atoms with E-state index in [9.17, 15) is 4.79 Å². The molecular weight excluding hydrogens is 511 g/mol. The van der Waals surface area contributed by atoms with Gasteiger partial charge in [-0.3, -0.25) is 9.69 Å². The number of halogens is 3. The highest BCUT2D eigenvalue weighted by molar-refractivity contribution is 9.10. The lowest BCUT2D eigenvalue weighted by Gasteiger charge is -2.14. The van der Waals surface area contributed by atoms with Gasteiger partial charge in [0.2, 0.25) is 0 Å². The molecule has 0 saturated carbocycles. The van der Waals surface area contributed by atoms with Gasteiger partial charge < -0.3 is 14.8 Å². The van der Waals surface area contributed by atoms with Gasteiger partial charge in [0.1, 0.15) is 12.3 Å². The smallest absolute Gasteiger partial charge is 0.276 e. The summed E-state index contributed by atoms with van der Waals surface area (Å²) in [7, 11) is 1.55. The molecule has 2 aromatic carbocycles. The molecule has 158 valence electrons. The van der Waals surface area contributed by atoms with Gasteiger partial charge >= 0.3 is 0 Å². The molecule has 1 fully saturated rings. The largest absolute Gasteiger partial charge is 0.493 e. The number of hydrogen-bond acceptors (Lipinski definition) is 4.